The number of rotatable bonds is 5. The van der Waals surface area contributed by atoms with Crippen LogP contribution in [0.15, 0.2) is 24.3 Å². The number of likely N-dealkylation sites (tertiary alicyclic amines) is 1. The molecular formula is C17H25FN2S2. The summed E-state index contributed by atoms with van der Waals surface area (Å²) in [6.07, 6.45) is 2.47. The molecule has 0 aliphatic carbocycles. The monoisotopic (exact) mass is 340 g/mol. The molecule has 2 aliphatic rings. The number of hydrogen-bond donors (Lipinski definition) is 1. The molecule has 5 heteroatoms. The van der Waals surface area contributed by atoms with Crippen molar-refractivity contribution < 1.29 is 4.39 Å². The first-order valence-corrected chi connectivity index (χ1v) is 10.5. The number of nitrogens with one attached hydrogen (secondary N) is 1. The second kappa shape index (κ2) is 8.57. The predicted octanol–water partition coefficient (Wildman–Crippen LogP) is 3.40. The first kappa shape index (κ1) is 16.6. The molecule has 22 heavy (non-hydrogen) atoms. The lowest BCUT2D eigenvalue weighted by Crippen LogP contribution is -2.41. The second-order valence-electron chi connectivity index (χ2n) is 6.04. The van der Waals surface area contributed by atoms with Crippen molar-refractivity contribution in [3.63, 3.8) is 0 Å². The average Bonchev–Trinajstić information content (AvgIpc) is 2.93. The Hall–Kier alpha value is -0.230. The summed E-state index contributed by atoms with van der Waals surface area (Å²) in [6.45, 7) is 3.04. The highest BCUT2D eigenvalue weighted by Gasteiger charge is 2.26. The zero-order valence-corrected chi connectivity index (χ0v) is 14.6. The number of hydrogen-bond acceptors (Lipinski definition) is 4. The van der Waals surface area contributed by atoms with Crippen molar-refractivity contribution in [2.45, 2.75) is 24.9 Å². The minimum Gasteiger partial charge on any atom is -0.310 e. The van der Waals surface area contributed by atoms with Crippen LogP contribution in [0.25, 0.3) is 0 Å². The van der Waals surface area contributed by atoms with Crippen LogP contribution in [0.4, 0.5) is 4.39 Å². The molecule has 1 aromatic carbocycles. The molecular weight excluding hydrogens is 315 g/mol. The van der Waals surface area contributed by atoms with Crippen molar-refractivity contribution in [2.24, 2.45) is 0 Å². The van der Waals surface area contributed by atoms with Crippen LogP contribution in [-0.2, 0) is 0 Å². The first-order valence-electron chi connectivity index (χ1n) is 8.22. The van der Waals surface area contributed by atoms with Gasteiger partial charge in [0.25, 0.3) is 0 Å². The molecule has 1 N–H and O–H groups in total. The topological polar surface area (TPSA) is 15.3 Å². The molecule has 2 saturated heterocycles. The number of benzene rings is 1. The van der Waals surface area contributed by atoms with Gasteiger partial charge in [-0.25, -0.2) is 4.39 Å². The predicted molar refractivity (Wildman–Crippen MR) is 96.4 cm³/mol. The fourth-order valence-electron chi connectivity index (χ4n) is 3.25. The summed E-state index contributed by atoms with van der Waals surface area (Å²) in [5, 5.41) is 3.71. The molecule has 0 saturated carbocycles. The molecule has 1 aromatic rings. The van der Waals surface area contributed by atoms with Gasteiger partial charge in [-0.2, -0.15) is 23.5 Å². The highest BCUT2D eigenvalue weighted by Crippen LogP contribution is 2.27. The summed E-state index contributed by atoms with van der Waals surface area (Å²) >= 11 is 4.07. The molecule has 0 radical (unpaired) electrons. The molecule has 2 nitrogen and oxygen atoms in total. The van der Waals surface area contributed by atoms with Crippen molar-refractivity contribution in [1.29, 1.82) is 0 Å². The van der Waals surface area contributed by atoms with Gasteiger partial charge in [0.2, 0.25) is 0 Å². The van der Waals surface area contributed by atoms with Gasteiger partial charge in [0, 0.05) is 41.2 Å². The molecule has 1 unspecified atom stereocenters. The van der Waals surface area contributed by atoms with Crippen LogP contribution >= 0.6 is 23.5 Å². The third-order valence-corrected chi connectivity index (χ3v) is 6.98. The van der Waals surface area contributed by atoms with Gasteiger partial charge in [-0.15, -0.1) is 0 Å². The normalized spacial score (nSPS) is 22.6. The van der Waals surface area contributed by atoms with Crippen LogP contribution in [0.2, 0.25) is 0 Å². The minimum absolute atomic E-state index is 0.0641. The smallest absolute Gasteiger partial charge is 0.128 e. The van der Waals surface area contributed by atoms with Gasteiger partial charge in [-0.1, -0.05) is 18.2 Å². The fourth-order valence-corrected chi connectivity index (χ4v) is 5.71. The van der Waals surface area contributed by atoms with Crippen LogP contribution in [0.1, 0.15) is 24.4 Å². The van der Waals surface area contributed by atoms with E-state index in [2.05, 4.69) is 10.2 Å². The van der Waals surface area contributed by atoms with Gasteiger partial charge in [-0.05, 0) is 32.0 Å². The Morgan fingerprint density at radius 1 is 1.14 bits per heavy atom. The van der Waals surface area contributed by atoms with Crippen molar-refractivity contribution >= 4 is 23.5 Å². The Morgan fingerprint density at radius 2 is 1.82 bits per heavy atom. The Kier molecular flexibility index (Phi) is 6.48. The van der Waals surface area contributed by atoms with E-state index in [0.717, 1.165) is 25.2 Å². The lowest BCUT2D eigenvalue weighted by Gasteiger charge is -2.30. The Bertz CT molecular complexity index is 458. The van der Waals surface area contributed by atoms with Gasteiger partial charge in [0.05, 0.1) is 6.04 Å². The number of nitrogens with zero attached hydrogens (tertiary/aromatic N) is 1. The largest absolute Gasteiger partial charge is 0.310 e. The molecule has 1 atom stereocenters. The van der Waals surface area contributed by atoms with Gasteiger partial charge < -0.3 is 5.32 Å². The standard InChI is InChI=1S/C17H25FN2S2/c18-16-6-2-1-5-15(16)17(20-7-3-4-8-20)11-19-14-12-21-9-10-22-13-14/h1-2,5-6,14,17,19H,3-4,7-13H2. The van der Waals surface area contributed by atoms with E-state index in [1.807, 2.05) is 35.7 Å². The summed E-state index contributed by atoms with van der Waals surface area (Å²) in [7, 11) is 0. The van der Waals surface area contributed by atoms with Crippen molar-refractivity contribution in [1.82, 2.24) is 10.2 Å². The highest BCUT2D eigenvalue weighted by molar-refractivity contribution is 8.03. The first-order chi connectivity index (χ1) is 10.8. The van der Waals surface area contributed by atoms with Crippen molar-refractivity contribution in [3.8, 4) is 0 Å². The third kappa shape index (κ3) is 4.40. The summed E-state index contributed by atoms with van der Waals surface area (Å²) in [5.41, 5.74) is 0.853. The lowest BCUT2D eigenvalue weighted by molar-refractivity contribution is 0.230. The van der Waals surface area contributed by atoms with Crippen LogP contribution in [0.5, 0.6) is 0 Å². The van der Waals surface area contributed by atoms with Crippen LogP contribution in [0.3, 0.4) is 0 Å². The lowest BCUT2D eigenvalue weighted by atomic mass is 10.0. The van der Waals surface area contributed by atoms with E-state index < -0.39 is 0 Å². The quantitative estimate of drug-likeness (QED) is 0.883. The maximum absolute atomic E-state index is 14.3. The maximum Gasteiger partial charge on any atom is 0.128 e. The van der Waals surface area contributed by atoms with Gasteiger partial charge in [0.1, 0.15) is 5.82 Å². The zero-order valence-electron chi connectivity index (χ0n) is 13.0. The third-order valence-electron chi connectivity index (χ3n) is 4.46. The summed E-state index contributed by atoms with van der Waals surface area (Å²) in [4.78, 5) is 2.45. The molecule has 2 aliphatic heterocycles. The second-order valence-corrected chi connectivity index (χ2v) is 8.34. The zero-order chi connectivity index (χ0) is 15.2. The molecule has 0 aromatic heterocycles. The SMILES string of the molecule is Fc1ccccc1C(CNC1CSCCSC1)N1CCCC1. The van der Waals surface area contributed by atoms with E-state index in [1.165, 1.54) is 35.9 Å². The Balaban J connectivity index is 1.67. The summed E-state index contributed by atoms with van der Waals surface area (Å²) in [5.74, 6) is 4.80. The summed E-state index contributed by atoms with van der Waals surface area (Å²) < 4.78 is 14.3. The van der Waals surface area contributed by atoms with E-state index in [4.69, 9.17) is 0 Å². The van der Waals surface area contributed by atoms with E-state index in [9.17, 15) is 4.39 Å². The molecule has 0 spiro atoms. The Labute approximate surface area is 141 Å². The average molecular weight is 341 g/mol. The Morgan fingerprint density at radius 3 is 2.50 bits per heavy atom. The molecule has 2 fully saturated rings. The fraction of sp³-hybridized carbons (Fsp3) is 0.647. The summed E-state index contributed by atoms with van der Waals surface area (Å²) in [6, 6.07) is 8.01. The highest BCUT2D eigenvalue weighted by atomic mass is 32.2. The van der Waals surface area contributed by atoms with Gasteiger partial charge >= 0.3 is 0 Å². The van der Waals surface area contributed by atoms with Gasteiger partial charge in [-0.3, -0.25) is 4.90 Å². The van der Waals surface area contributed by atoms with Crippen molar-refractivity contribution in [2.75, 3.05) is 42.6 Å². The van der Waals surface area contributed by atoms with Crippen molar-refractivity contribution in [3.05, 3.63) is 35.6 Å². The molecule has 2 heterocycles. The minimum atomic E-state index is -0.0641. The van der Waals surface area contributed by atoms with E-state index in [-0.39, 0.29) is 11.9 Å². The molecule has 0 bridgehead atoms. The molecule has 3 rings (SSSR count). The number of thioether (sulfide) groups is 2. The van der Waals surface area contributed by atoms with Crippen LogP contribution < -0.4 is 5.32 Å². The maximum atomic E-state index is 14.3. The van der Waals surface area contributed by atoms with E-state index in [0.29, 0.717) is 6.04 Å². The molecule has 0 amide bonds. The van der Waals surface area contributed by atoms with Gasteiger partial charge in [0.15, 0.2) is 0 Å². The number of halogens is 1. The van der Waals surface area contributed by atoms with Crippen LogP contribution in [0, 0.1) is 5.82 Å². The van der Waals surface area contributed by atoms with Crippen LogP contribution in [-0.4, -0.2) is 53.6 Å². The molecule has 122 valence electrons. The van der Waals surface area contributed by atoms with E-state index >= 15 is 0 Å². The van der Waals surface area contributed by atoms with E-state index in [1.54, 1.807) is 12.1 Å².